The van der Waals surface area contributed by atoms with E-state index in [4.69, 9.17) is 9.47 Å². The lowest BCUT2D eigenvalue weighted by atomic mass is 9.88. The molecule has 0 aliphatic carbocycles. The van der Waals surface area contributed by atoms with Crippen molar-refractivity contribution in [1.29, 1.82) is 0 Å². The fourth-order valence-corrected chi connectivity index (χ4v) is 4.58. The van der Waals surface area contributed by atoms with Gasteiger partial charge < -0.3 is 14.4 Å². The number of nitrogens with zero attached hydrogens (tertiary/aromatic N) is 3. The second kappa shape index (κ2) is 7.45. The third-order valence-electron chi connectivity index (χ3n) is 6.12. The number of hydrogen-bond acceptors (Lipinski definition) is 4. The summed E-state index contributed by atoms with van der Waals surface area (Å²) in [4.78, 5) is 19.7. The molecule has 3 aromatic rings. The predicted octanol–water partition coefficient (Wildman–Crippen LogP) is 4.49. The van der Waals surface area contributed by atoms with Gasteiger partial charge in [-0.05, 0) is 56.7 Å². The van der Waals surface area contributed by atoms with E-state index in [1.54, 1.807) is 0 Å². The summed E-state index contributed by atoms with van der Waals surface area (Å²) in [6.07, 6.45) is 5.32. The Morgan fingerprint density at radius 3 is 2.68 bits per heavy atom. The Kier molecular flexibility index (Phi) is 4.73. The third-order valence-corrected chi connectivity index (χ3v) is 6.12. The van der Waals surface area contributed by atoms with Crippen molar-refractivity contribution < 1.29 is 14.3 Å². The molecule has 6 nitrogen and oxygen atoms in total. The maximum atomic E-state index is 13.2. The standard InChI is InChI=1S/C25H27N3O3/c1-17(2)30-21-9-8-19(16-18(21)3)23(29)27-13-10-25(11-14-27)24-26-12-15-28(24)20-6-4-5-7-22(20)31-25/h4-9,12,15-17H,10-11,13-14H2,1-3H3. The molecule has 0 bridgehead atoms. The van der Waals surface area contributed by atoms with Crippen molar-refractivity contribution in [2.75, 3.05) is 13.1 Å². The van der Waals surface area contributed by atoms with E-state index in [1.165, 1.54) is 0 Å². The molecule has 2 aliphatic rings. The van der Waals surface area contributed by atoms with Crippen LogP contribution in [0.25, 0.3) is 5.69 Å². The van der Waals surface area contributed by atoms with E-state index in [0.717, 1.165) is 28.6 Å². The second-order valence-corrected chi connectivity index (χ2v) is 8.62. The number of amides is 1. The van der Waals surface area contributed by atoms with Crippen LogP contribution in [-0.2, 0) is 5.60 Å². The molecule has 2 aromatic carbocycles. The number of benzene rings is 2. The van der Waals surface area contributed by atoms with E-state index in [1.807, 2.05) is 80.5 Å². The summed E-state index contributed by atoms with van der Waals surface area (Å²) in [6.45, 7) is 7.22. The number of imidazole rings is 1. The average molecular weight is 418 g/mol. The van der Waals surface area contributed by atoms with Crippen molar-refractivity contribution in [1.82, 2.24) is 14.5 Å². The fraction of sp³-hybridized carbons (Fsp3) is 0.360. The average Bonchev–Trinajstić information content (AvgIpc) is 3.27. The quantitative estimate of drug-likeness (QED) is 0.630. The van der Waals surface area contributed by atoms with Crippen LogP contribution in [0.4, 0.5) is 0 Å². The first-order chi connectivity index (χ1) is 15.0. The van der Waals surface area contributed by atoms with Crippen molar-refractivity contribution >= 4 is 5.91 Å². The van der Waals surface area contributed by atoms with Crippen molar-refractivity contribution in [3.8, 4) is 17.2 Å². The Morgan fingerprint density at radius 2 is 1.94 bits per heavy atom. The van der Waals surface area contributed by atoms with Crippen molar-refractivity contribution in [2.45, 2.75) is 45.3 Å². The van der Waals surface area contributed by atoms with E-state index in [0.29, 0.717) is 31.5 Å². The molecule has 1 aromatic heterocycles. The van der Waals surface area contributed by atoms with E-state index in [-0.39, 0.29) is 12.0 Å². The Labute approximate surface area is 182 Å². The highest BCUT2D eigenvalue weighted by molar-refractivity contribution is 5.94. The third kappa shape index (κ3) is 3.36. The van der Waals surface area contributed by atoms with Gasteiger partial charge in [-0.25, -0.2) is 4.98 Å². The lowest BCUT2D eigenvalue weighted by Crippen LogP contribution is -2.50. The summed E-state index contributed by atoms with van der Waals surface area (Å²) in [5, 5.41) is 0. The second-order valence-electron chi connectivity index (χ2n) is 8.62. The van der Waals surface area contributed by atoms with Crippen LogP contribution in [0.1, 0.15) is 48.4 Å². The number of aromatic nitrogens is 2. The van der Waals surface area contributed by atoms with Crippen molar-refractivity contribution in [3.63, 3.8) is 0 Å². The number of ether oxygens (including phenoxy) is 2. The van der Waals surface area contributed by atoms with Gasteiger partial charge in [0.15, 0.2) is 11.4 Å². The van der Waals surface area contributed by atoms with Gasteiger partial charge in [0, 0.05) is 43.9 Å². The Hall–Kier alpha value is -3.28. The van der Waals surface area contributed by atoms with Crippen LogP contribution >= 0.6 is 0 Å². The number of hydrogen-bond donors (Lipinski definition) is 0. The number of likely N-dealkylation sites (tertiary alicyclic amines) is 1. The first-order valence-corrected chi connectivity index (χ1v) is 10.9. The number of carbonyl (C=O) groups excluding carboxylic acids is 1. The molecule has 160 valence electrons. The zero-order valence-electron chi connectivity index (χ0n) is 18.2. The molecule has 0 atom stereocenters. The molecule has 5 rings (SSSR count). The van der Waals surface area contributed by atoms with Crippen LogP contribution in [0.2, 0.25) is 0 Å². The lowest BCUT2D eigenvalue weighted by Gasteiger charge is -2.44. The minimum Gasteiger partial charge on any atom is -0.491 e. The van der Waals surface area contributed by atoms with Gasteiger partial charge in [0.1, 0.15) is 11.5 Å². The number of aryl methyl sites for hydroxylation is 1. The zero-order chi connectivity index (χ0) is 21.6. The van der Waals surface area contributed by atoms with Gasteiger partial charge in [0.05, 0.1) is 11.8 Å². The van der Waals surface area contributed by atoms with E-state index in [2.05, 4.69) is 9.55 Å². The lowest BCUT2D eigenvalue weighted by molar-refractivity contribution is -0.0127. The van der Waals surface area contributed by atoms with Crippen molar-refractivity contribution in [2.24, 2.45) is 0 Å². The summed E-state index contributed by atoms with van der Waals surface area (Å²) < 4.78 is 14.4. The van der Waals surface area contributed by atoms with Crippen LogP contribution in [0.15, 0.2) is 54.9 Å². The summed E-state index contributed by atoms with van der Waals surface area (Å²) >= 11 is 0. The highest BCUT2D eigenvalue weighted by atomic mass is 16.5. The smallest absolute Gasteiger partial charge is 0.253 e. The van der Waals surface area contributed by atoms with E-state index < -0.39 is 5.60 Å². The molecular formula is C25H27N3O3. The maximum Gasteiger partial charge on any atom is 0.253 e. The van der Waals surface area contributed by atoms with Crippen LogP contribution in [-0.4, -0.2) is 39.6 Å². The normalized spacial score (nSPS) is 16.6. The number of carbonyl (C=O) groups is 1. The Balaban J connectivity index is 1.34. The van der Waals surface area contributed by atoms with Gasteiger partial charge in [0.2, 0.25) is 0 Å². The molecule has 31 heavy (non-hydrogen) atoms. The van der Waals surface area contributed by atoms with E-state index >= 15 is 0 Å². The van der Waals surface area contributed by atoms with Crippen LogP contribution in [0.5, 0.6) is 11.5 Å². The van der Waals surface area contributed by atoms with Crippen LogP contribution in [0.3, 0.4) is 0 Å². The predicted molar refractivity (Wildman–Crippen MR) is 118 cm³/mol. The minimum absolute atomic E-state index is 0.0496. The zero-order valence-corrected chi connectivity index (χ0v) is 18.2. The monoisotopic (exact) mass is 417 g/mol. The highest BCUT2D eigenvalue weighted by Gasteiger charge is 2.46. The molecule has 1 amide bonds. The van der Waals surface area contributed by atoms with Gasteiger partial charge in [0.25, 0.3) is 5.91 Å². The summed E-state index contributed by atoms with van der Waals surface area (Å²) in [7, 11) is 0. The number of rotatable bonds is 3. The first kappa shape index (κ1) is 19.7. The largest absolute Gasteiger partial charge is 0.491 e. The number of fused-ring (bicyclic) bond motifs is 4. The molecular weight excluding hydrogens is 390 g/mol. The Morgan fingerprint density at radius 1 is 1.16 bits per heavy atom. The summed E-state index contributed by atoms with van der Waals surface area (Å²) in [6, 6.07) is 13.7. The number of para-hydroxylation sites is 2. The molecule has 0 N–H and O–H groups in total. The molecule has 0 radical (unpaired) electrons. The molecule has 0 saturated carbocycles. The summed E-state index contributed by atoms with van der Waals surface area (Å²) in [5.74, 6) is 2.66. The maximum absolute atomic E-state index is 13.2. The van der Waals surface area contributed by atoms with Gasteiger partial charge >= 0.3 is 0 Å². The van der Waals surface area contributed by atoms with E-state index in [9.17, 15) is 4.79 Å². The molecule has 6 heteroatoms. The van der Waals surface area contributed by atoms with Crippen LogP contribution in [0, 0.1) is 6.92 Å². The minimum atomic E-state index is -0.500. The van der Waals surface area contributed by atoms with Crippen molar-refractivity contribution in [3.05, 3.63) is 71.8 Å². The van der Waals surface area contributed by atoms with Gasteiger partial charge in [-0.15, -0.1) is 0 Å². The summed E-state index contributed by atoms with van der Waals surface area (Å²) in [5.41, 5.74) is 2.18. The molecule has 2 aliphatic heterocycles. The van der Waals surface area contributed by atoms with Gasteiger partial charge in [-0.1, -0.05) is 12.1 Å². The van der Waals surface area contributed by atoms with Crippen LogP contribution < -0.4 is 9.47 Å². The van der Waals surface area contributed by atoms with Gasteiger partial charge in [-0.2, -0.15) is 0 Å². The SMILES string of the molecule is Cc1cc(C(=O)N2CCC3(CC2)Oc2ccccc2-n2ccnc23)ccc1OC(C)C. The number of piperidine rings is 1. The highest BCUT2D eigenvalue weighted by Crippen LogP contribution is 2.44. The topological polar surface area (TPSA) is 56.6 Å². The molecule has 1 fully saturated rings. The first-order valence-electron chi connectivity index (χ1n) is 10.9. The molecule has 0 unspecified atom stereocenters. The Bertz CT molecular complexity index is 1130. The fourth-order valence-electron chi connectivity index (χ4n) is 4.58. The van der Waals surface area contributed by atoms with Gasteiger partial charge in [-0.3, -0.25) is 9.36 Å². The molecule has 3 heterocycles. The molecule has 1 saturated heterocycles. The molecule has 1 spiro atoms.